The Morgan fingerprint density at radius 3 is 2.52 bits per heavy atom. The van der Waals surface area contributed by atoms with E-state index in [1.807, 2.05) is 18.2 Å². The fourth-order valence-electron chi connectivity index (χ4n) is 1.93. The first-order valence-corrected chi connectivity index (χ1v) is 8.45. The molecule has 138 valence electrons. The van der Waals surface area contributed by atoms with Gasteiger partial charge in [-0.2, -0.15) is 5.10 Å². The molecule has 0 saturated carbocycles. The van der Waals surface area contributed by atoms with Gasteiger partial charge in [0, 0.05) is 11.9 Å². The van der Waals surface area contributed by atoms with E-state index in [4.69, 9.17) is 4.74 Å². The molecule has 1 aromatic rings. The summed E-state index contributed by atoms with van der Waals surface area (Å²) in [4.78, 5) is 23.6. The van der Waals surface area contributed by atoms with Crippen molar-refractivity contribution in [3.05, 3.63) is 30.3 Å². The molecule has 0 radical (unpaired) electrons. The summed E-state index contributed by atoms with van der Waals surface area (Å²) in [5.74, 6) is 0. The first kappa shape index (κ1) is 20.5. The van der Waals surface area contributed by atoms with Gasteiger partial charge in [-0.15, -0.1) is 0 Å². The number of carbonyl (C=O) groups excluding carboxylic acids is 2. The van der Waals surface area contributed by atoms with Crippen LogP contribution in [0, 0.1) is 0 Å². The van der Waals surface area contributed by atoms with Crippen molar-refractivity contribution in [3.8, 4) is 0 Å². The summed E-state index contributed by atoms with van der Waals surface area (Å²) in [5, 5.41) is 9.32. The minimum absolute atomic E-state index is 0.313. The monoisotopic (exact) mass is 348 g/mol. The third kappa shape index (κ3) is 10.0. The van der Waals surface area contributed by atoms with Crippen LogP contribution in [0.5, 0.6) is 0 Å². The minimum atomic E-state index is -0.565. The van der Waals surface area contributed by atoms with Crippen LogP contribution in [0.1, 0.15) is 47.0 Å². The van der Waals surface area contributed by atoms with Gasteiger partial charge >= 0.3 is 12.1 Å². The minimum Gasteiger partial charge on any atom is -0.444 e. The molecule has 0 heterocycles. The van der Waals surface area contributed by atoms with Gasteiger partial charge in [-0.25, -0.2) is 15.0 Å². The second-order valence-corrected chi connectivity index (χ2v) is 6.61. The number of hydrogen-bond acceptors (Lipinski definition) is 4. The summed E-state index contributed by atoms with van der Waals surface area (Å²) in [6.07, 6.45) is 3.62. The fraction of sp³-hybridized carbons (Fsp3) is 0.500. The van der Waals surface area contributed by atoms with Crippen LogP contribution in [0.4, 0.5) is 15.3 Å². The Hall–Kier alpha value is -2.57. The fourth-order valence-corrected chi connectivity index (χ4v) is 1.93. The highest BCUT2D eigenvalue weighted by molar-refractivity contribution is 5.89. The van der Waals surface area contributed by atoms with E-state index in [1.54, 1.807) is 32.9 Å². The summed E-state index contributed by atoms with van der Waals surface area (Å²) in [6, 6.07) is 8.30. The molecule has 0 aliphatic carbocycles. The zero-order valence-electron chi connectivity index (χ0n) is 15.3. The summed E-state index contributed by atoms with van der Waals surface area (Å²) >= 11 is 0. The maximum Gasteiger partial charge on any atom is 0.408 e. The number of hydrogen-bond donors (Lipinski definition) is 3. The van der Waals surface area contributed by atoms with Crippen LogP contribution in [0.15, 0.2) is 35.4 Å². The number of carbonyl (C=O) groups is 2. The number of nitrogens with zero attached hydrogens (tertiary/aromatic N) is 1. The van der Waals surface area contributed by atoms with Gasteiger partial charge in [0.05, 0.1) is 6.04 Å². The maximum absolute atomic E-state index is 11.9. The van der Waals surface area contributed by atoms with Crippen LogP contribution in [0.3, 0.4) is 0 Å². The van der Waals surface area contributed by atoms with Gasteiger partial charge in [0.15, 0.2) is 0 Å². The van der Waals surface area contributed by atoms with Crippen molar-refractivity contribution in [2.24, 2.45) is 5.10 Å². The smallest absolute Gasteiger partial charge is 0.408 e. The number of alkyl carbamates (subject to hydrolysis) is 1. The second-order valence-electron chi connectivity index (χ2n) is 6.61. The predicted octanol–water partition coefficient (Wildman–Crippen LogP) is 3.88. The highest BCUT2D eigenvalue weighted by Crippen LogP contribution is 2.08. The molecular formula is C18H28N4O3. The molecule has 25 heavy (non-hydrogen) atoms. The number of rotatable bonds is 7. The molecule has 0 saturated heterocycles. The number of hydrazone groups is 1. The lowest BCUT2D eigenvalue weighted by molar-refractivity contribution is 0.0517. The average molecular weight is 348 g/mol. The van der Waals surface area contributed by atoms with Crippen molar-refractivity contribution in [2.45, 2.75) is 58.6 Å². The third-order valence-electron chi connectivity index (χ3n) is 3.02. The van der Waals surface area contributed by atoms with E-state index >= 15 is 0 Å². The van der Waals surface area contributed by atoms with Gasteiger partial charge in [0.1, 0.15) is 5.60 Å². The van der Waals surface area contributed by atoms with Crippen molar-refractivity contribution in [1.29, 1.82) is 0 Å². The Balaban J connectivity index is 2.51. The van der Waals surface area contributed by atoms with Crippen LogP contribution in [0.2, 0.25) is 0 Å². The van der Waals surface area contributed by atoms with Gasteiger partial charge in [-0.1, -0.05) is 38.0 Å². The van der Waals surface area contributed by atoms with E-state index < -0.39 is 17.7 Å². The molecule has 7 heteroatoms. The number of ether oxygens (including phenoxy) is 1. The van der Waals surface area contributed by atoms with Gasteiger partial charge in [0.25, 0.3) is 0 Å². The Labute approximate surface area is 149 Å². The van der Waals surface area contributed by atoms with E-state index in [9.17, 15) is 9.59 Å². The number of para-hydroxylation sites is 1. The Morgan fingerprint density at radius 1 is 1.24 bits per heavy atom. The Bertz CT molecular complexity index is 567. The summed E-state index contributed by atoms with van der Waals surface area (Å²) in [5.41, 5.74) is 2.49. The lowest BCUT2D eigenvalue weighted by atomic mass is 10.1. The number of nitrogens with one attached hydrogen (secondary N) is 3. The Kier molecular flexibility index (Phi) is 8.46. The molecule has 0 bridgehead atoms. The molecule has 0 aliphatic rings. The molecule has 7 nitrogen and oxygen atoms in total. The first-order chi connectivity index (χ1) is 11.8. The maximum atomic E-state index is 11.9. The molecule has 0 unspecified atom stereocenters. The van der Waals surface area contributed by atoms with Gasteiger partial charge in [0.2, 0.25) is 0 Å². The predicted molar refractivity (Wildman–Crippen MR) is 99.8 cm³/mol. The van der Waals surface area contributed by atoms with Crippen LogP contribution < -0.4 is 16.1 Å². The van der Waals surface area contributed by atoms with E-state index in [0.717, 1.165) is 12.8 Å². The van der Waals surface area contributed by atoms with Crippen LogP contribution in [-0.2, 0) is 4.74 Å². The van der Waals surface area contributed by atoms with E-state index in [1.165, 1.54) is 6.21 Å². The second kappa shape index (κ2) is 10.3. The van der Waals surface area contributed by atoms with E-state index in [-0.39, 0.29) is 6.04 Å². The third-order valence-corrected chi connectivity index (χ3v) is 3.02. The van der Waals surface area contributed by atoms with Crippen molar-refractivity contribution in [2.75, 3.05) is 5.32 Å². The van der Waals surface area contributed by atoms with Crippen molar-refractivity contribution < 1.29 is 14.3 Å². The summed E-state index contributed by atoms with van der Waals surface area (Å²) in [6.45, 7) is 7.47. The molecule has 0 fully saturated rings. The topological polar surface area (TPSA) is 91.8 Å². The number of urea groups is 1. The van der Waals surface area contributed by atoms with E-state index in [2.05, 4.69) is 28.1 Å². The molecule has 0 aromatic heterocycles. The Morgan fingerprint density at radius 2 is 1.92 bits per heavy atom. The quantitative estimate of drug-likeness (QED) is 0.516. The largest absolute Gasteiger partial charge is 0.444 e. The zero-order valence-corrected chi connectivity index (χ0v) is 15.3. The number of unbranched alkanes of at least 4 members (excludes halogenated alkanes) is 1. The van der Waals surface area contributed by atoms with Crippen molar-refractivity contribution in [3.63, 3.8) is 0 Å². The molecule has 3 amide bonds. The molecule has 1 aromatic carbocycles. The number of amides is 3. The molecule has 1 rings (SSSR count). The van der Waals surface area contributed by atoms with Gasteiger partial charge < -0.3 is 15.4 Å². The summed E-state index contributed by atoms with van der Waals surface area (Å²) in [7, 11) is 0. The van der Waals surface area contributed by atoms with Crippen molar-refractivity contribution in [1.82, 2.24) is 10.7 Å². The highest BCUT2D eigenvalue weighted by atomic mass is 16.6. The molecule has 3 N–H and O–H groups in total. The SMILES string of the molecule is CCCC[C@@H](/C=N/NC(=O)Nc1ccccc1)NC(=O)OC(C)(C)C. The number of anilines is 1. The molecular weight excluding hydrogens is 320 g/mol. The normalized spacial score (nSPS) is 12.5. The van der Waals surface area contributed by atoms with Crippen molar-refractivity contribution >= 4 is 24.0 Å². The van der Waals surface area contributed by atoms with Crippen LogP contribution in [-0.4, -0.2) is 30.0 Å². The molecule has 0 spiro atoms. The molecule has 1 atom stereocenters. The zero-order chi connectivity index (χ0) is 18.7. The lowest BCUT2D eigenvalue weighted by Gasteiger charge is -2.22. The first-order valence-electron chi connectivity index (χ1n) is 8.45. The van der Waals surface area contributed by atoms with Gasteiger partial charge in [-0.05, 0) is 39.3 Å². The van der Waals surface area contributed by atoms with Gasteiger partial charge in [-0.3, -0.25) is 0 Å². The molecule has 0 aliphatic heterocycles. The standard InChI is InChI=1S/C18H28N4O3/c1-5-6-10-15(21-17(24)25-18(2,3)4)13-19-22-16(23)20-14-11-8-7-9-12-14/h7-9,11-13,15H,5-6,10H2,1-4H3,(H,21,24)(H2,20,22,23)/b19-13+/t15-/m0/s1. The number of benzene rings is 1. The lowest BCUT2D eigenvalue weighted by Crippen LogP contribution is -2.40. The van der Waals surface area contributed by atoms with Crippen LogP contribution in [0.25, 0.3) is 0 Å². The van der Waals surface area contributed by atoms with E-state index in [0.29, 0.717) is 12.1 Å². The summed E-state index contributed by atoms with van der Waals surface area (Å²) < 4.78 is 5.24. The average Bonchev–Trinajstić information content (AvgIpc) is 2.51. The van der Waals surface area contributed by atoms with Crippen LogP contribution >= 0.6 is 0 Å². The highest BCUT2D eigenvalue weighted by Gasteiger charge is 2.18.